The minimum Gasteiger partial charge on any atom is -0.497 e. The van der Waals surface area contributed by atoms with E-state index < -0.39 is 0 Å². The topological polar surface area (TPSA) is 45.5 Å². The molecule has 104 valence electrons. The largest absolute Gasteiger partial charge is 0.497 e. The average molecular weight is 262 g/mol. The molecule has 0 saturated heterocycles. The number of ether oxygens (including phenoxy) is 2. The second-order valence-electron chi connectivity index (χ2n) is 5.35. The van der Waals surface area contributed by atoms with Crippen molar-refractivity contribution in [2.24, 2.45) is 5.41 Å². The van der Waals surface area contributed by atoms with E-state index >= 15 is 0 Å². The van der Waals surface area contributed by atoms with Gasteiger partial charge in [-0.2, -0.15) is 5.26 Å². The van der Waals surface area contributed by atoms with Crippen LogP contribution in [0.5, 0.6) is 11.5 Å². The number of rotatable bonds is 6. The van der Waals surface area contributed by atoms with Crippen molar-refractivity contribution >= 4 is 0 Å². The van der Waals surface area contributed by atoms with Gasteiger partial charge in [0.25, 0.3) is 0 Å². The highest BCUT2D eigenvalue weighted by molar-refractivity contribution is 5.40. The van der Waals surface area contributed by atoms with Crippen molar-refractivity contribution in [2.75, 3.05) is 27.8 Å². The van der Waals surface area contributed by atoms with E-state index in [0.29, 0.717) is 13.1 Å². The van der Waals surface area contributed by atoms with Gasteiger partial charge in [0.15, 0.2) is 0 Å². The summed E-state index contributed by atoms with van der Waals surface area (Å²) < 4.78 is 10.6. The van der Waals surface area contributed by atoms with E-state index in [0.717, 1.165) is 17.1 Å². The van der Waals surface area contributed by atoms with Crippen LogP contribution >= 0.6 is 0 Å². The Morgan fingerprint density at radius 2 is 1.95 bits per heavy atom. The quantitative estimate of drug-likeness (QED) is 0.790. The van der Waals surface area contributed by atoms with Gasteiger partial charge in [0, 0.05) is 18.7 Å². The molecule has 1 rings (SSSR count). The Balaban J connectivity index is 2.83. The summed E-state index contributed by atoms with van der Waals surface area (Å²) in [6, 6.07) is 8.06. The Morgan fingerprint density at radius 1 is 1.26 bits per heavy atom. The molecule has 0 atom stereocenters. The minimum atomic E-state index is -0.360. The van der Waals surface area contributed by atoms with Crippen LogP contribution in [0.1, 0.15) is 19.4 Å². The molecule has 4 heteroatoms. The van der Waals surface area contributed by atoms with Crippen LogP contribution in [0, 0.1) is 16.7 Å². The molecule has 0 spiro atoms. The number of methoxy groups -OCH3 is 2. The van der Waals surface area contributed by atoms with Gasteiger partial charge in [0.1, 0.15) is 11.5 Å². The lowest BCUT2D eigenvalue weighted by Crippen LogP contribution is -2.30. The summed E-state index contributed by atoms with van der Waals surface area (Å²) in [4.78, 5) is 2.11. The van der Waals surface area contributed by atoms with Crippen LogP contribution in [0.2, 0.25) is 0 Å². The maximum atomic E-state index is 9.07. The third kappa shape index (κ3) is 4.46. The van der Waals surface area contributed by atoms with Crippen molar-refractivity contribution in [1.29, 1.82) is 5.26 Å². The summed E-state index contributed by atoms with van der Waals surface area (Å²) in [6.45, 7) is 5.29. The third-order valence-electron chi connectivity index (χ3n) is 2.90. The molecule has 0 heterocycles. The van der Waals surface area contributed by atoms with Crippen molar-refractivity contribution in [3.63, 3.8) is 0 Å². The second kappa shape index (κ2) is 6.44. The first-order chi connectivity index (χ1) is 8.91. The summed E-state index contributed by atoms with van der Waals surface area (Å²) in [5.41, 5.74) is 0.694. The van der Waals surface area contributed by atoms with Gasteiger partial charge in [0.05, 0.1) is 25.7 Å². The molecule has 0 fully saturated rings. The lowest BCUT2D eigenvalue weighted by molar-refractivity contribution is 0.245. The fourth-order valence-corrected chi connectivity index (χ4v) is 2.06. The second-order valence-corrected chi connectivity index (χ2v) is 5.35. The Kier molecular flexibility index (Phi) is 5.20. The molecule has 19 heavy (non-hydrogen) atoms. The maximum Gasteiger partial charge on any atom is 0.123 e. The van der Waals surface area contributed by atoms with Crippen LogP contribution in [0.25, 0.3) is 0 Å². The molecule has 0 aliphatic rings. The normalized spacial score (nSPS) is 11.2. The van der Waals surface area contributed by atoms with Crippen molar-refractivity contribution in [1.82, 2.24) is 4.90 Å². The van der Waals surface area contributed by atoms with Crippen LogP contribution in [-0.2, 0) is 6.54 Å². The van der Waals surface area contributed by atoms with Gasteiger partial charge in [0.2, 0.25) is 0 Å². The summed E-state index contributed by atoms with van der Waals surface area (Å²) in [6.07, 6.45) is 0. The fraction of sp³-hybridized carbons (Fsp3) is 0.533. The molecule has 0 saturated carbocycles. The zero-order valence-electron chi connectivity index (χ0n) is 12.4. The van der Waals surface area contributed by atoms with Crippen LogP contribution in [0.4, 0.5) is 0 Å². The number of nitrogens with zero attached hydrogens (tertiary/aromatic N) is 2. The SMILES string of the molecule is COc1ccc(OC)c(CN(C)CC(C)(C)C#N)c1. The van der Waals surface area contributed by atoms with E-state index in [1.165, 1.54) is 0 Å². The standard InChI is InChI=1S/C15H22N2O2/c1-15(2,10-16)11-17(3)9-12-8-13(18-4)6-7-14(12)19-5/h6-8H,9,11H2,1-5H3. The Hall–Kier alpha value is -1.73. The number of nitriles is 1. The first kappa shape index (κ1) is 15.3. The molecule has 0 N–H and O–H groups in total. The molecule has 1 aromatic rings. The Labute approximate surface area is 115 Å². The lowest BCUT2D eigenvalue weighted by atomic mass is 9.95. The molecular weight excluding hydrogens is 240 g/mol. The van der Waals surface area contributed by atoms with Crippen molar-refractivity contribution in [3.8, 4) is 17.6 Å². The van der Waals surface area contributed by atoms with E-state index in [9.17, 15) is 0 Å². The predicted molar refractivity (Wildman–Crippen MR) is 75.3 cm³/mol. The zero-order chi connectivity index (χ0) is 14.5. The highest BCUT2D eigenvalue weighted by atomic mass is 16.5. The highest BCUT2D eigenvalue weighted by Gasteiger charge is 2.20. The van der Waals surface area contributed by atoms with Gasteiger partial charge in [-0.25, -0.2) is 0 Å². The van der Waals surface area contributed by atoms with Gasteiger partial charge in [-0.15, -0.1) is 0 Å². The number of hydrogen-bond donors (Lipinski definition) is 0. The third-order valence-corrected chi connectivity index (χ3v) is 2.90. The smallest absolute Gasteiger partial charge is 0.123 e. The molecule has 0 bridgehead atoms. The molecule has 0 amide bonds. The van der Waals surface area contributed by atoms with E-state index in [1.54, 1.807) is 14.2 Å². The summed E-state index contributed by atoms with van der Waals surface area (Å²) in [5.74, 6) is 1.64. The molecule has 0 aromatic heterocycles. The average Bonchev–Trinajstić information content (AvgIpc) is 2.37. The van der Waals surface area contributed by atoms with E-state index in [-0.39, 0.29) is 5.41 Å². The molecule has 0 aliphatic heterocycles. The van der Waals surface area contributed by atoms with E-state index in [2.05, 4.69) is 11.0 Å². The molecule has 0 unspecified atom stereocenters. The monoisotopic (exact) mass is 262 g/mol. The van der Waals surface area contributed by atoms with Crippen LogP contribution in [-0.4, -0.2) is 32.7 Å². The van der Waals surface area contributed by atoms with Crippen LogP contribution in [0.15, 0.2) is 18.2 Å². The van der Waals surface area contributed by atoms with Crippen LogP contribution in [0.3, 0.4) is 0 Å². The van der Waals surface area contributed by atoms with Crippen molar-refractivity contribution < 1.29 is 9.47 Å². The molecule has 0 radical (unpaired) electrons. The number of hydrogen-bond acceptors (Lipinski definition) is 4. The van der Waals surface area contributed by atoms with Gasteiger partial charge >= 0.3 is 0 Å². The highest BCUT2D eigenvalue weighted by Crippen LogP contribution is 2.26. The molecule has 1 aromatic carbocycles. The maximum absolute atomic E-state index is 9.07. The van der Waals surface area contributed by atoms with Gasteiger partial charge in [-0.1, -0.05) is 0 Å². The van der Waals surface area contributed by atoms with Crippen LogP contribution < -0.4 is 9.47 Å². The first-order valence-corrected chi connectivity index (χ1v) is 6.22. The summed E-state index contributed by atoms with van der Waals surface area (Å²) in [7, 11) is 5.30. The summed E-state index contributed by atoms with van der Waals surface area (Å²) in [5, 5.41) is 9.07. The summed E-state index contributed by atoms with van der Waals surface area (Å²) >= 11 is 0. The van der Waals surface area contributed by atoms with E-state index in [1.807, 2.05) is 39.1 Å². The fourth-order valence-electron chi connectivity index (χ4n) is 2.06. The molecule has 0 aliphatic carbocycles. The predicted octanol–water partition coefficient (Wildman–Crippen LogP) is 2.69. The van der Waals surface area contributed by atoms with Gasteiger partial charge < -0.3 is 14.4 Å². The first-order valence-electron chi connectivity index (χ1n) is 6.22. The van der Waals surface area contributed by atoms with E-state index in [4.69, 9.17) is 14.7 Å². The lowest BCUT2D eigenvalue weighted by Gasteiger charge is -2.25. The van der Waals surface area contributed by atoms with Crippen molar-refractivity contribution in [3.05, 3.63) is 23.8 Å². The Morgan fingerprint density at radius 3 is 2.47 bits per heavy atom. The Bertz CT molecular complexity index is 464. The molecule has 4 nitrogen and oxygen atoms in total. The van der Waals surface area contributed by atoms with Crippen molar-refractivity contribution in [2.45, 2.75) is 20.4 Å². The zero-order valence-corrected chi connectivity index (χ0v) is 12.4. The van der Waals surface area contributed by atoms with Gasteiger partial charge in [-0.3, -0.25) is 0 Å². The minimum absolute atomic E-state index is 0.360. The van der Waals surface area contributed by atoms with Gasteiger partial charge in [-0.05, 0) is 39.1 Å². The number of benzene rings is 1. The molecular formula is C15H22N2O2.